The molecule has 3 heterocycles. The molecule has 0 saturated carbocycles. The summed E-state index contributed by atoms with van der Waals surface area (Å²) >= 11 is 5.13. The van der Waals surface area contributed by atoms with Crippen LogP contribution in [0.15, 0.2) is 35.1 Å². The molecule has 5 heteroatoms. The van der Waals surface area contributed by atoms with Crippen LogP contribution in [0, 0.1) is 6.92 Å². The van der Waals surface area contributed by atoms with E-state index in [9.17, 15) is 5.11 Å². The number of hydrogen-bond donors (Lipinski definition) is 1. The Balaban J connectivity index is 2.33. The van der Waals surface area contributed by atoms with Crippen LogP contribution in [-0.4, -0.2) is 14.5 Å². The van der Waals surface area contributed by atoms with Crippen molar-refractivity contribution in [3.8, 4) is 16.5 Å². The van der Waals surface area contributed by atoms with Crippen molar-refractivity contribution < 1.29 is 5.11 Å². The minimum absolute atomic E-state index is 0.233. The highest BCUT2D eigenvalue weighted by molar-refractivity contribution is 9.10. The normalized spacial score (nSPS) is 11.2. The monoisotopic (exact) mass is 308 g/mol. The molecular formula is C12H9BrN2OS. The second-order valence-electron chi connectivity index (χ2n) is 3.78. The first kappa shape index (κ1) is 10.8. The Morgan fingerprint density at radius 3 is 2.82 bits per heavy atom. The van der Waals surface area contributed by atoms with E-state index in [2.05, 4.69) is 33.9 Å². The van der Waals surface area contributed by atoms with Crippen LogP contribution in [0.4, 0.5) is 0 Å². The number of thiophene rings is 1. The lowest BCUT2D eigenvalue weighted by atomic mass is 10.4. The van der Waals surface area contributed by atoms with E-state index in [1.54, 1.807) is 23.6 Å². The third kappa shape index (κ3) is 1.75. The molecule has 0 saturated heterocycles. The van der Waals surface area contributed by atoms with Crippen molar-refractivity contribution in [1.82, 2.24) is 9.38 Å². The summed E-state index contributed by atoms with van der Waals surface area (Å²) in [7, 11) is 0. The van der Waals surface area contributed by atoms with Gasteiger partial charge in [-0.2, -0.15) is 0 Å². The van der Waals surface area contributed by atoms with Gasteiger partial charge in [-0.3, -0.25) is 4.40 Å². The van der Waals surface area contributed by atoms with Crippen LogP contribution in [0.25, 0.3) is 16.2 Å². The average molecular weight is 309 g/mol. The van der Waals surface area contributed by atoms with Gasteiger partial charge in [-0.25, -0.2) is 4.98 Å². The van der Waals surface area contributed by atoms with Gasteiger partial charge in [0.15, 0.2) is 5.82 Å². The van der Waals surface area contributed by atoms with Crippen molar-refractivity contribution in [2.24, 2.45) is 0 Å². The molecule has 3 nitrogen and oxygen atoms in total. The maximum Gasteiger partial charge on any atom is 0.156 e. The molecule has 0 aliphatic heterocycles. The summed E-state index contributed by atoms with van der Waals surface area (Å²) in [6.45, 7) is 2.07. The summed E-state index contributed by atoms with van der Waals surface area (Å²) in [5.41, 5.74) is 0.948. The minimum atomic E-state index is 0.233. The lowest BCUT2D eigenvalue weighted by Crippen LogP contribution is -1.86. The van der Waals surface area contributed by atoms with E-state index in [1.807, 2.05) is 16.5 Å². The van der Waals surface area contributed by atoms with Crippen LogP contribution in [0.1, 0.15) is 4.88 Å². The molecule has 0 unspecified atom stereocenters. The summed E-state index contributed by atoms with van der Waals surface area (Å²) in [5, 5.41) is 9.56. The van der Waals surface area contributed by atoms with Gasteiger partial charge >= 0.3 is 0 Å². The van der Waals surface area contributed by atoms with Crippen LogP contribution in [0.2, 0.25) is 0 Å². The van der Waals surface area contributed by atoms with Gasteiger partial charge in [0.25, 0.3) is 0 Å². The molecule has 0 bridgehead atoms. The van der Waals surface area contributed by atoms with Gasteiger partial charge in [-0.05, 0) is 47.1 Å². The maximum absolute atomic E-state index is 9.56. The first-order valence-corrected chi connectivity index (χ1v) is 6.69. The fraction of sp³-hybridized carbons (Fsp3) is 0.0833. The zero-order valence-corrected chi connectivity index (χ0v) is 11.4. The second-order valence-corrected chi connectivity index (χ2v) is 5.82. The van der Waals surface area contributed by atoms with Crippen molar-refractivity contribution >= 4 is 32.8 Å². The van der Waals surface area contributed by atoms with Crippen molar-refractivity contribution in [3.63, 3.8) is 0 Å². The van der Waals surface area contributed by atoms with Crippen LogP contribution in [0.3, 0.4) is 0 Å². The number of hydrogen-bond acceptors (Lipinski definition) is 3. The summed E-state index contributed by atoms with van der Waals surface area (Å²) in [6, 6.07) is 7.62. The molecule has 0 aliphatic carbocycles. The van der Waals surface area contributed by atoms with Crippen molar-refractivity contribution in [2.75, 3.05) is 0 Å². The van der Waals surface area contributed by atoms with E-state index in [0.29, 0.717) is 0 Å². The van der Waals surface area contributed by atoms with E-state index < -0.39 is 0 Å². The number of rotatable bonds is 1. The maximum atomic E-state index is 9.56. The number of aryl methyl sites for hydroxylation is 1. The molecule has 0 fully saturated rings. The standard InChI is InChI=1S/C12H9BrN2OS/c1-7-2-5-10(17-7)12-14-11(13)9-4-3-8(16)6-15(9)12/h2-6,16H,1H3. The molecule has 0 radical (unpaired) electrons. The van der Waals surface area contributed by atoms with E-state index in [1.165, 1.54) is 4.88 Å². The molecule has 3 aromatic heterocycles. The number of pyridine rings is 1. The molecule has 3 aromatic rings. The molecule has 3 rings (SSSR count). The zero-order chi connectivity index (χ0) is 12.0. The highest BCUT2D eigenvalue weighted by Gasteiger charge is 2.12. The van der Waals surface area contributed by atoms with Crippen LogP contribution >= 0.6 is 27.3 Å². The highest BCUT2D eigenvalue weighted by Crippen LogP contribution is 2.31. The van der Waals surface area contributed by atoms with Gasteiger partial charge < -0.3 is 5.11 Å². The van der Waals surface area contributed by atoms with Gasteiger partial charge in [0.05, 0.1) is 16.6 Å². The van der Waals surface area contributed by atoms with Gasteiger partial charge in [0.1, 0.15) is 10.4 Å². The first-order chi connectivity index (χ1) is 8.15. The summed E-state index contributed by atoms with van der Waals surface area (Å²) < 4.78 is 2.68. The molecule has 0 spiro atoms. The Morgan fingerprint density at radius 1 is 1.29 bits per heavy atom. The Kier molecular flexibility index (Phi) is 2.45. The van der Waals surface area contributed by atoms with Crippen molar-refractivity contribution in [2.45, 2.75) is 6.92 Å². The lowest BCUT2D eigenvalue weighted by Gasteiger charge is -1.99. The lowest BCUT2D eigenvalue weighted by molar-refractivity contribution is 0.472. The predicted molar refractivity (Wildman–Crippen MR) is 72.6 cm³/mol. The smallest absolute Gasteiger partial charge is 0.156 e. The fourth-order valence-electron chi connectivity index (χ4n) is 1.77. The van der Waals surface area contributed by atoms with E-state index >= 15 is 0 Å². The van der Waals surface area contributed by atoms with Gasteiger partial charge in [0.2, 0.25) is 0 Å². The van der Waals surface area contributed by atoms with Crippen LogP contribution < -0.4 is 0 Å². The van der Waals surface area contributed by atoms with Gasteiger partial charge in [-0.1, -0.05) is 0 Å². The van der Waals surface area contributed by atoms with Crippen molar-refractivity contribution in [1.29, 1.82) is 0 Å². The minimum Gasteiger partial charge on any atom is -0.506 e. The Bertz CT molecular complexity index is 702. The molecule has 0 atom stereocenters. The first-order valence-electron chi connectivity index (χ1n) is 5.08. The van der Waals surface area contributed by atoms with E-state index in [0.717, 1.165) is 20.8 Å². The Hall–Kier alpha value is -1.33. The number of imidazole rings is 1. The quantitative estimate of drug-likeness (QED) is 0.741. The number of fused-ring (bicyclic) bond motifs is 1. The molecule has 0 aromatic carbocycles. The summed E-state index contributed by atoms with van der Waals surface area (Å²) in [6.07, 6.45) is 1.68. The predicted octanol–water partition coefficient (Wildman–Crippen LogP) is 3.84. The van der Waals surface area contributed by atoms with Crippen LogP contribution in [0.5, 0.6) is 5.75 Å². The highest BCUT2D eigenvalue weighted by atomic mass is 79.9. The molecular weight excluding hydrogens is 300 g/mol. The summed E-state index contributed by atoms with van der Waals surface area (Å²) in [4.78, 5) is 6.83. The molecule has 17 heavy (non-hydrogen) atoms. The molecule has 0 amide bonds. The third-order valence-electron chi connectivity index (χ3n) is 2.54. The van der Waals surface area contributed by atoms with Crippen molar-refractivity contribution in [3.05, 3.63) is 39.9 Å². The SMILES string of the molecule is Cc1ccc(-c2nc(Br)c3ccc(O)cn23)s1. The number of halogens is 1. The molecule has 86 valence electrons. The Labute approximate surface area is 110 Å². The topological polar surface area (TPSA) is 37.5 Å². The largest absolute Gasteiger partial charge is 0.506 e. The van der Waals surface area contributed by atoms with E-state index in [4.69, 9.17) is 0 Å². The number of nitrogens with zero attached hydrogens (tertiary/aromatic N) is 2. The zero-order valence-electron chi connectivity index (χ0n) is 9.01. The third-order valence-corrected chi connectivity index (χ3v) is 4.12. The van der Waals surface area contributed by atoms with Crippen LogP contribution in [-0.2, 0) is 0 Å². The molecule has 0 aliphatic rings. The molecule has 1 N–H and O–H groups in total. The summed E-state index contributed by atoms with van der Waals surface area (Å²) in [5.74, 6) is 1.08. The van der Waals surface area contributed by atoms with Gasteiger partial charge in [-0.15, -0.1) is 11.3 Å². The number of aromatic nitrogens is 2. The average Bonchev–Trinajstić information content (AvgIpc) is 2.83. The Morgan fingerprint density at radius 2 is 2.12 bits per heavy atom. The second kappa shape index (κ2) is 3.85. The van der Waals surface area contributed by atoms with E-state index in [-0.39, 0.29) is 5.75 Å². The number of aromatic hydroxyl groups is 1. The fourth-order valence-corrected chi connectivity index (χ4v) is 3.11. The van der Waals surface area contributed by atoms with Gasteiger partial charge in [0, 0.05) is 4.88 Å².